The van der Waals surface area contributed by atoms with Crippen LogP contribution in [-0.4, -0.2) is 142 Å². The minimum absolute atomic E-state index is 0.171. The Morgan fingerprint density at radius 1 is 0.478 bits per heavy atom. The number of esters is 2. The number of hydrogen-bond donors (Lipinski definition) is 7. The summed E-state index contributed by atoms with van der Waals surface area (Å²) in [6.07, 6.45) is 24.1. The minimum atomic E-state index is -1.76. The van der Waals surface area contributed by atoms with Crippen molar-refractivity contribution < 1.29 is 73.8 Å². The van der Waals surface area contributed by atoms with Crippen LogP contribution in [0.2, 0.25) is 0 Å². The van der Waals surface area contributed by atoms with Gasteiger partial charge in [0.25, 0.3) is 0 Å². The largest absolute Gasteiger partial charge is 0.462 e. The number of aliphatic hydroxyl groups is 7. The molecule has 0 aromatic rings. The Balaban J connectivity index is 1.76. The SMILES string of the molecule is C=CCCCCCCCCCCCCCCCC(=O)OC[C@H](CO[C@H]1O[C@@H](CO[C@H]2O[C@@H](CO)[C@@H](O)C(O)C2O)[C@@H](O)C(O)C1O)OC(=O)CCCCCCCCCCCCCCCCCCCC. The third kappa shape index (κ3) is 29.5. The lowest BCUT2D eigenvalue weighted by molar-refractivity contribution is -0.332. The molecule has 2 aliphatic heterocycles. The van der Waals surface area contributed by atoms with Crippen molar-refractivity contribution in [3.8, 4) is 0 Å². The topological polar surface area (TPSA) is 231 Å². The highest BCUT2D eigenvalue weighted by atomic mass is 16.7. The molecule has 11 atom stereocenters. The molecule has 15 nitrogen and oxygen atoms in total. The summed E-state index contributed by atoms with van der Waals surface area (Å²) in [5, 5.41) is 72.2. The van der Waals surface area contributed by atoms with Gasteiger partial charge in [0.05, 0.1) is 19.8 Å². The molecular formula is C54H100O15. The van der Waals surface area contributed by atoms with Gasteiger partial charge in [0.2, 0.25) is 0 Å². The summed E-state index contributed by atoms with van der Waals surface area (Å²) in [5.74, 6) is -0.913. The van der Waals surface area contributed by atoms with Gasteiger partial charge < -0.3 is 64.2 Å². The molecule has 0 aromatic carbocycles. The van der Waals surface area contributed by atoms with Gasteiger partial charge in [-0.2, -0.15) is 0 Å². The van der Waals surface area contributed by atoms with Crippen LogP contribution in [-0.2, 0) is 38.0 Å². The zero-order valence-electron chi connectivity index (χ0n) is 42.9. The van der Waals surface area contributed by atoms with Crippen LogP contribution in [0.5, 0.6) is 0 Å². The van der Waals surface area contributed by atoms with Gasteiger partial charge in [0, 0.05) is 12.8 Å². The fourth-order valence-corrected chi connectivity index (χ4v) is 9.08. The van der Waals surface area contributed by atoms with E-state index in [-0.39, 0.29) is 26.1 Å². The number of aliphatic hydroxyl groups excluding tert-OH is 7. The average Bonchev–Trinajstić information content (AvgIpc) is 3.34. The van der Waals surface area contributed by atoms with Crippen molar-refractivity contribution in [1.82, 2.24) is 0 Å². The summed E-state index contributed by atoms with van der Waals surface area (Å²) in [5.41, 5.74) is 0. The number of hydrogen-bond acceptors (Lipinski definition) is 15. The lowest BCUT2D eigenvalue weighted by atomic mass is 9.98. The van der Waals surface area contributed by atoms with Gasteiger partial charge in [-0.3, -0.25) is 9.59 Å². The first-order chi connectivity index (χ1) is 33.5. The van der Waals surface area contributed by atoms with Gasteiger partial charge in [-0.15, -0.1) is 6.58 Å². The van der Waals surface area contributed by atoms with Crippen molar-refractivity contribution >= 4 is 11.9 Å². The lowest BCUT2D eigenvalue weighted by Crippen LogP contribution is -2.61. The van der Waals surface area contributed by atoms with Crippen LogP contribution >= 0.6 is 0 Å². The molecule has 2 heterocycles. The molecule has 2 fully saturated rings. The Bertz CT molecular complexity index is 1240. The number of carbonyl (C=O) groups is 2. The molecule has 0 aliphatic carbocycles. The fraction of sp³-hybridized carbons (Fsp3) is 0.926. The molecule has 4 unspecified atom stereocenters. The molecule has 0 spiro atoms. The maximum atomic E-state index is 13.0. The third-order valence-electron chi connectivity index (χ3n) is 13.6. The molecule has 0 radical (unpaired) electrons. The molecular weight excluding hydrogens is 889 g/mol. The second kappa shape index (κ2) is 41.7. The van der Waals surface area contributed by atoms with E-state index in [4.69, 9.17) is 28.4 Å². The summed E-state index contributed by atoms with van der Waals surface area (Å²) < 4.78 is 33.7. The quantitative estimate of drug-likeness (QED) is 0.0172. The zero-order chi connectivity index (χ0) is 50.3. The number of carbonyl (C=O) groups excluding carboxylic acids is 2. The maximum Gasteiger partial charge on any atom is 0.306 e. The van der Waals surface area contributed by atoms with E-state index in [1.54, 1.807) is 0 Å². The predicted molar refractivity (Wildman–Crippen MR) is 266 cm³/mol. The number of rotatable bonds is 45. The highest BCUT2D eigenvalue weighted by Gasteiger charge is 2.47. The Labute approximate surface area is 416 Å². The molecule has 7 N–H and O–H groups in total. The van der Waals surface area contributed by atoms with Gasteiger partial charge in [0.1, 0.15) is 55.4 Å². The van der Waals surface area contributed by atoms with Gasteiger partial charge in [-0.25, -0.2) is 0 Å². The molecule has 2 aliphatic rings. The van der Waals surface area contributed by atoms with E-state index in [2.05, 4.69) is 13.5 Å². The van der Waals surface area contributed by atoms with Gasteiger partial charge >= 0.3 is 11.9 Å². The Morgan fingerprint density at radius 3 is 1.29 bits per heavy atom. The Kier molecular flexibility index (Phi) is 38.3. The fourth-order valence-electron chi connectivity index (χ4n) is 9.08. The van der Waals surface area contributed by atoms with Gasteiger partial charge in [-0.05, 0) is 25.7 Å². The molecule has 2 rings (SSSR count). The highest BCUT2D eigenvalue weighted by Crippen LogP contribution is 2.27. The monoisotopic (exact) mass is 989 g/mol. The second-order valence-electron chi connectivity index (χ2n) is 19.9. The van der Waals surface area contributed by atoms with E-state index in [1.807, 2.05) is 6.08 Å². The Morgan fingerprint density at radius 2 is 0.855 bits per heavy atom. The standard InChI is InChI=1S/C54H100O15/c1-3-5-7-9-11-13-15-17-19-20-21-23-25-27-29-31-33-35-37-46(57)67-42(39-64-45(56)36-34-32-30-28-26-24-22-18-16-14-12-10-8-6-4-2)40-65-53-52(63)50(61)48(59)44(69-53)41-66-54-51(62)49(60)47(58)43(38-55)68-54/h4,42-44,47-55,58-63H,2-3,5-41H2,1H3/t42-,43+,44+,47-,48-,49?,50?,51?,52?,53+,54+/m1/s1. The lowest BCUT2D eigenvalue weighted by Gasteiger charge is -2.42. The summed E-state index contributed by atoms with van der Waals surface area (Å²) in [6.45, 7) is 4.17. The number of ether oxygens (including phenoxy) is 6. The molecule has 0 aromatic heterocycles. The van der Waals surface area contributed by atoms with E-state index in [0.717, 1.165) is 44.9 Å². The molecule has 0 saturated carbocycles. The molecule has 69 heavy (non-hydrogen) atoms. The second-order valence-corrected chi connectivity index (χ2v) is 19.9. The van der Waals surface area contributed by atoms with Crippen molar-refractivity contribution in [2.75, 3.05) is 26.4 Å². The minimum Gasteiger partial charge on any atom is -0.462 e. The Hall–Kier alpha value is -1.76. The van der Waals surface area contributed by atoms with Gasteiger partial charge in [0.15, 0.2) is 18.7 Å². The van der Waals surface area contributed by atoms with Crippen LogP contribution in [0.4, 0.5) is 0 Å². The van der Waals surface area contributed by atoms with Crippen LogP contribution in [0.3, 0.4) is 0 Å². The summed E-state index contributed by atoms with van der Waals surface area (Å²) >= 11 is 0. The van der Waals surface area contributed by atoms with Crippen molar-refractivity contribution in [3.05, 3.63) is 12.7 Å². The normalized spacial score (nSPS) is 25.4. The smallest absolute Gasteiger partial charge is 0.306 e. The highest BCUT2D eigenvalue weighted by molar-refractivity contribution is 5.70. The first-order valence-electron chi connectivity index (χ1n) is 27.7. The van der Waals surface area contributed by atoms with Crippen molar-refractivity contribution in [3.63, 3.8) is 0 Å². The van der Waals surface area contributed by atoms with Gasteiger partial charge in [-0.1, -0.05) is 193 Å². The molecule has 15 heteroatoms. The predicted octanol–water partition coefficient (Wildman–Crippen LogP) is 8.55. The third-order valence-corrected chi connectivity index (χ3v) is 13.6. The summed E-state index contributed by atoms with van der Waals surface area (Å²) in [6, 6.07) is 0. The molecule has 406 valence electrons. The first kappa shape index (κ1) is 63.4. The van der Waals surface area contributed by atoms with E-state index in [9.17, 15) is 45.3 Å². The molecule has 0 amide bonds. The van der Waals surface area contributed by atoms with E-state index in [1.165, 1.54) is 148 Å². The zero-order valence-corrected chi connectivity index (χ0v) is 42.9. The summed E-state index contributed by atoms with van der Waals surface area (Å²) in [4.78, 5) is 25.8. The average molecular weight is 989 g/mol. The van der Waals surface area contributed by atoms with Crippen LogP contribution in [0.25, 0.3) is 0 Å². The van der Waals surface area contributed by atoms with Crippen LogP contribution in [0.1, 0.15) is 225 Å². The maximum absolute atomic E-state index is 13.0. The summed E-state index contributed by atoms with van der Waals surface area (Å²) in [7, 11) is 0. The molecule has 0 bridgehead atoms. The number of allylic oxidation sites excluding steroid dienone is 1. The number of unbranched alkanes of at least 4 members (excludes halogenated alkanes) is 30. The van der Waals surface area contributed by atoms with Crippen LogP contribution < -0.4 is 0 Å². The molecule has 2 saturated heterocycles. The van der Waals surface area contributed by atoms with E-state index < -0.39 is 92.7 Å². The van der Waals surface area contributed by atoms with Crippen molar-refractivity contribution in [1.29, 1.82) is 0 Å². The van der Waals surface area contributed by atoms with E-state index in [0.29, 0.717) is 12.8 Å². The van der Waals surface area contributed by atoms with Crippen LogP contribution in [0, 0.1) is 0 Å². The van der Waals surface area contributed by atoms with E-state index >= 15 is 0 Å². The first-order valence-corrected chi connectivity index (χ1v) is 27.7. The van der Waals surface area contributed by atoms with Crippen molar-refractivity contribution in [2.45, 2.75) is 293 Å². The van der Waals surface area contributed by atoms with Crippen LogP contribution in [0.15, 0.2) is 12.7 Å². The van der Waals surface area contributed by atoms with Crippen molar-refractivity contribution in [2.24, 2.45) is 0 Å².